The number of carbonyl (C=O) groups excluding carboxylic acids is 1. The summed E-state index contributed by atoms with van der Waals surface area (Å²) in [6, 6.07) is 0.327. The molecule has 1 atom stereocenters. The molecule has 0 unspecified atom stereocenters. The summed E-state index contributed by atoms with van der Waals surface area (Å²) in [6.07, 6.45) is 2.53. The fourth-order valence-electron chi connectivity index (χ4n) is 1.49. The molecule has 0 spiro atoms. The van der Waals surface area contributed by atoms with Crippen molar-refractivity contribution in [2.75, 3.05) is 26.3 Å². The second kappa shape index (κ2) is 6.79. The zero-order valence-electron chi connectivity index (χ0n) is 8.84. The Bertz CT molecular complexity index is 168. The minimum Gasteiger partial charge on any atom is -0.381 e. The van der Waals surface area contributed by atoms with Crippen LogP contribution in [0.1, 0.15) is 26.2 Å². The molecule has 0 aromatic rings. The van der Waals surface area contributed by atoms with Crippen molar-refractivity contribution in [2.45, 2.75) is 32.2 Å². The molecule has 0 bridgehead atoms. The molecule has 0 saturated carbocycles. The third-order valence-corrected chi connectivity index (χ3v) is 2.25. The number of carbonyl (C=O) groups is 1. The SMILES string of the molecule is CCCOCCC(=O)N[C@@H]1CCNC1. The molecule has 1 heterocycles. The standard InChI is InChI=1S/C10H20N2O2/c1-2-6-14-7-4-10(13)12-9-3-5-11-8-9/h9,11H,2-8H2,1H3,(H,12,13)/t9-/m1/s1. The normalized spacial score (nSPS) is 21.1. The van der Waals surface area contributed by atoms with E-state index in [1.165, 1.54) is 0 Å². The molecule has 82 valence electrons. The smallest absolute Gasteiger partial charge is 0.222 e. The van der Waals surface area contributed by atoms with Crippen molar-refractivity contribution < 1.29 is 9.53 Å². The van der Waals surface area contributed by atoms with E-state index in [-0.39, 0.29) is 5.91 Å². The fraction of sp³-hybridized carbons (Fsp3) is 0.900. The van der Waals surface area contributed by atoms with Gasteiger partial charge in [-0.2, -0.15) is 0 Å². The Labute approximate surface area is 85.4 Å². The second-order valence-electron chi connectivity index (χ2n) is 3.62. The van der Waals surface area contributed by atoms with Crippen LogP contribution in [0.4, 0.5) is 0 Å². The van der Waals surface area contributed by atoms with Gasteiger partial charge in [0.25, 0.3) is 0 Å². The molecule has 1 aliphatic rings. The molecule has 1 fully saturated rings. The van der Waals surface area contributed by atoms with Gasteiger partial charge < -0.3 is 15.4 Å². The molecule has 1 rings (SSSR count). The predicted octanol–water partition coefficient (Wildman–Crippen LogP) is 0.281. The van der Waals surface area contributed by atoms with E-state index in [4.69, 9.17) is 4.74 Å². The summed E-state index contributed by atoms with van der Waals surface area (Å²) < 4.78 is 5.24. The highest BCUT2D eigenvalue weighted by Gasteiger charge is 2.15. The van der Waals surface area contributed by atoms with Gasteiger partial charge in [0.1, 0.15) is 0 Å². The van der Waals surface area contributed by atoms with Crippen LogP contribution in [0, 0.1) is 0 Å². The largest absolute Gasteiger partial charge is 0.381 e. The van der Waals surface area contributed by atoms with Crippen molar-refractivity contribution in [3.63, 3.8) is 0 Å². The van der Waals surface area contributed by atoms with Crippen LogP contribution in [0.5, 0.6) is 0 Å². The summed E-state index contributed by atoms with van der Waals surface area (Å²) in [5.74, 6) is 0.106. The molecule has 1 amide bonds. The molecule has 0 radical (unpaired) electrons. The van der Waals surface area contributed by atoms with Gasteiger partial charge in [0.15, 0.2) is 0 Å². The Balaban J connectivity index is 1.98. The molecule has 0 aromatic carbocycles. The van der Waals surface area contributed by atoms with E-state index in [1.54, 1.807) is 0 Å². The van der Waals surface area contributed by atoms with E-state index in [0.717, 1.165) is 32.5 Å². The third-order valence-electron chi connectivity index (χ3n) is 2.25. The maximum absolute atomic E-state index is 11.3. The Hall–Kier alpha value is -0.610. The van der Waals surface area contributed by atoms with Crippen LogP contribution in [0.15, 0.2) is 0 Å². The highest BCUT2D eigenvalue weighted by Crippen LogP contribution is 1.97. The van der Waals surface area contributed by atoms with Gasteiger partial charge in [0, 0.05) is 25.6 Å². The average molecular weight is 200 g/mol. The van der Waals surface area contributed by atoms with Crippen LogP contribution >= 0.6 is 0 Å². The lowest BCUT2D eigenvalue weighted by molar-refractivity contribution is -0.122. The van der Waals surface area contributed by atoms with Crippen LogP contribution < -0.4 is 10.6 Å². The van der Waals surface area contributed by atoms with E-state index in [0.29, 0.717) is 19.1 Å². The zero-order chi connectivity index (χ0) is 10.2. The van der Waals surface area contributed by atoms with E-state index in [2.05, 4.69) is 17.6 Å². The van der Waals surface area contributed by atoms with Crippen LogP contribution in [0.3, 0.4) is 0 Å². The molecule has 1 aliphatic heterocycles. The number of rotatable bonds is 6. The summed E-state index contributed by atoms with van der Waals surface area (Å²) in [4.78, 5) is 11.3. The van der Waals surface area contributed by atoms with Gasteiger partial charge >= 0.3 is 0 Å². The third kappa shape index (κ3) is 4.58. The first kappa shape index (κ1) is 11.5. The second-order valence-corrected chi connectivity index (χ2v) is 3.62. The van der Waals surface area contributed by atoms with Gasteiger partial charge in [-0.15, -0.1) is 0 Å². The fourth-order valence-corrected chi connectivity index (χ4v) is 1.49. The van der Waals surface area contributed by atoms with Gasteiger partial charge in [0.2, 0.25) is 5.91 Å². The van der Waals surface area contributed by atoms with Gasteiger partial charge in [0.05, 0.1) is 6.61 Å². The van der Waals surface area contributed by atoms with Gasteiger partial charge in [-0.1, -0.05) is 6.92 Å². The maximum atomic E-state index is 11.3. The Morgan fingerprint density at radius 1 is 1.57 bits per heavy atom. The minimum absolute atomic E-state index is 0.106. The van der Waals surface area contributed by atoms with Crippen LogP contribution in [-0.2, 0) is 9.53 Å². The number of ether oxygens (including phenoxy) is 1. The van der Waals surface area contributed by atoms with E-state index < -0.39 is 0 Å². The summed E-state index contributed by atoms with van der Waals surface area (Å²) in [7, 11) is 0. The van der Waals surface area contributed by atoms with E-state index in [9.17, 15) is 4.79 Å². The lowest BCUT2D eigenvalue weighted by Gasteiger charge is -2.10. The summed E-state index contributed by atoms with van der Waals surface area (Å²) in [5.41, 5.74) is 0. The van der Waals surface area contributed by atoms with Crippen molar-refractivity contribution in [3.05, 3.63) is 0 Å². The molecule has 1 saturated heterocycles. The van der Waals surface area contributed by atoms with Crippen LogP contribution in [0.25, 0.3) is 0 Å². The van der Waals surface area contributed by atoms with E-state index >= 15 is 0 Å². The number of nitrogens with one attached hydrogen (secondary N) is 2. The lowest BCUT2D eigenvalue weighted by atomic mass is 10.2. The molecule has 14 heavy (non-hydrogen) atoms. The Morgan fingerprint density at radius 2 is 2.43 bits per heavy atom. The number of amides is 1. The topological polar surface area (TPSA) is 50.4 Å². The molecular weight excluding hydrogens is 180 g/mol. The molecule has 0 aliphatic carbocycles. The lowest BCUT2D eigenvalue weighted by Crippen LogP contribution is -2.36. The van der Waals surface area contributed by atoms with Crippen molar-refractivity contribution in [3.8, 4) is 0 Å². The summed E-state index contributed by atoms with van der Waals surface area (Å²) in [5, 5.41) is 6.18. The first-order chi connectivity index (χ1) is 6.83. The number of hydrogen-bond donors (Lipinski definition) is 2. The quantitative estimate of drug-likeness (QED) is 0.606. The van der Waals surface area contributed by atoms with Crippen molar-refractivity contribution >= 4 is 5.91 Å². The molecule has 2 N–H and O–H groups in total. The molecule has 0 aromatic heterocycles. The van der Waals surface area contributed by atoms with E-state index in [1.807, 2.05) is 0 Å². The van der Waals surface area contributed by atoms with Crippen molar-refractivity contribution in [1.29, 1.82) is 0 Å². The average Bonchev–Trinajstić information content (AvgIpc) is 2.65. The van der Waals surface area contributed by atoms with Gasteiger partial charge in [-0.25, -0.2) is 0 Å². The van der Waals surface area contributed by atoms with Crippen molar-refractivity contribution in [2.24, 2.45) is 0 Å². The molecular formula is C10H20N2O2. The van der Waals surface area contributed by atoms with Gasteiger partial charge in [-0.05, 0) is 19.4 Å². The first-order valence-electron chi connectivity index (χ1n) is 5.40. The molecule has 4 heteroatoms. The van der Waals surface area contributed by atoms with Crippen LogP contribution in [-0.4, -0.2) is 38.3 Å². The zero-order valence-corrected chi connectivity index (χ0v) is 8.84. The Kier molecular flexibility index (Phi) is 5.56. The molecule has 4 nitrogen and oxygen atoms in total. The maximum Gasteiger partial charge on any atom is 0.222 e. The predicted molar refractivity (Wildman–Crippen MR) is 55.1 cm³/mol. The Morgan fingerprint density at radius 3 is 3.07 bits per heavy atom. The first-order valence-corrected chi connectivity index (χ1v) is 5.40. The summed E-state index contributed by atoms with van der Waals surface area (Å²) in [6.45, 7) is 5.27. The van der Waals surface area contributed by atoms with Gasteiger partial charge in [-0.3, -0.25) is 4.79 Å². The highest BCUT2D eigenvalue weighted by molar-refractivity contribution is 5.76. The minimum atomic E-state index is 0.106. The summed E-state index contributed by atoms with van der Waals surface area (Å²) >= 11 is 0. The van der Waals surface area contributed by atoms with Crippen LogP contribution in [0.2, 0.25) is 0 Å². The highest BCUT2D eigenvalue weighted by atomic mass is 16.5. The van der Waals surface area contributed by atoms with Crippen molar-refractivity contribution in [1.82, 2.24) is 10.6 Å². The monoisotopic (exact) mass is 200 g/mol. The number of hydrogen-bond acceptors (Lipinski definition) is 3.